The zero-order chi connectivity index (χ0) is 13.8. The van der Waals surface area contributed by atoms with Crippen molar-refractivity contribution in [1.29, 1.82) is 0 Å². The van der Waals surface area contributed by atoms with Crippen molar-refractivity contribution < 1.29 is 18.7 Å². The molecule has 0 spiro atoms. The van der Waals surface area contributed by atoms with Crippen LogP contribution in [0.5, 0.6) is 0 Å². The number of carbonyl (C=O) groups excluding carboxylic acids is 1. The van der Waals surface area contributed by atoms with Crippen molar-refractivity contribution in [3.8, 4) is 0 Å². The van der Waals surface area contributed by atoms with Gasteiger partial charge in [-0.15, -0.1) is 0 Å². The van der Waals surface area contributed by atoms with E-state index in [2.05, 4.69) is 4.98 Å². The van der Waals surface area contributed by atoms with Crippen LogP contribution in [0.4, 0.5) is 10.2 Å². The number of nitrogens with zero attached hydrogens (tertiary/aromatic N) is 2. The van der Waals surface area contributed by atoms with Gasteiger partial charge in [-0.05, 0) is 6.92 Å². The molecule has 3 atom stereocenters. The molecule has 2 aliphatic heterocycles. The molecule has 0 aliphatic carbocycles. The van der Waals surface area contributed by atoms with Crippen molar-refractivity contribution in [1.82, 2.24) is 9.55 Å². The lowest BCUT2D eigenvalue weighted by atomic mass is 9.85. The summed E-state index contributed by atoms with van der Waals surface area (Å²) in [6.07, 6.45) is 0.0162. The van der Waals surface area contributed by atoms with Gasteiger partial charge in [0.2, 0.25) is 0 Å². The molecule has 102 valence electrons. The van der Waals surface area contributed by atoms with Crippen LogP contribution in [0.15, 0.2) is 11.0 Å². The molecule has 2 saturated heterocycles. The van der Waals surface area contributed by atoms with Gasteiger partial charge in [0.15, 0.2) is 11.6 Å². The highest BCUT2D eigenvalue weighted by atomic mass is 19.1. The van der Waals surface area contributed by atoms with E-state index in [1.54, 1.807) is 6.92 Å². The van der Waals surface area contributed by atoms with E-state index >= 15 is 0 Å². The Morgan fingerprint density at radius 3 is 3.00 bits per heavy atom. The molecule has 0 bridgehead atoms. The second-order valence-corrected chi connectivity index (χ2v) is 4.96. The first kappa shape index (κ1) is 12.1. The van der Waals surface area contributed by atoms with Gasteiger partial charge >= 0.3 is 11.7 Å². The van der Waals surface area contributed by atoms with E-state index in [1.807, 2.05) is 0 Å². The third-order valence-corrected chi connectivity index (χ3v) is 3.71. The number of ether oxygens (including phenoxy) is 2. The number of esters is 1. The van der Waals surface area contributed by atoms with Crippen molar-refractivity contribution in [3.05, 3.63) is 22.5 Å². The number of anilines is 1. The van der Waals surface area contributed by atoms with Gasteiger partial charge in [0.1, 0.15) is 18.9 Å². The normalized spacial score (nSPS) is 33.3. The highest BCUT2D eigenvalue weighted by molar-refractivity contribution is 5.79. The lowest BCUT2D eigenvalue weighted by molar-refractivity contribution is -0.145. The van der Waals surface area contributed by atoms with Gasteiger partial charge in [-0.2, -0.15) is 4.98 Å². The Balaban J connectivity index is 1.96. The second kappa shape index (κ2) is 3.77. The summed E-state index contributed by atoms with van der Waals surface area (Å²) in [5, 5.41) is 0. The first-order valence-corrected chi connectivity index (χ1v) is 5.78. The summed E-state index contributed by atoms with van der Waals surface area (Å²) >= 11 is 0. The van der Waals surface area contributed by atoms with Gasteiger partial charge in [0.05, 0.1) is 11.6 Å². The molecule has 2 N–H and O–H groups in total. The minimum Gasteiger partial charge on any atom is -0.462 e. The van der Waals surface area contributed by atoms with Gasteiger partial charge in [0, 0.05) is 6.42 Å². The molecule has 19 heavy (non-hydrogen) atoms. The fraction of sp³-hybridized carbons (Fsp3) is 0.545. The van der Waals surface area contributed by atoms with Crippen LogP contribution in [0.1, 0.15) is 19.6 Å². The highest BCUT2D eigenvalue weighted by Crippen LogP contribution is 2.47. The van der Waals surface area contributed by atoms with Crippen LogP contribution in [-0.2, 0) is 14.3 Å². The Kier molecular flexibility index (Phi) is 2.40. The zero-order valence-electron chi connectivity index (χ0n) is 10.1. The topological polar surface area (TPSA) is 96.4 Å². The molecule has 0 radical (unpaired) electrons. The number of carbonyl (C=O) groups is 1. The van der Waals surface area contributed by atoms with Crippen LogP contribution in [0.2, 0.25) is 0 Å². The van der Waals surface area contributed by atoms with Crippen LogP contribution in [0.3, 0.4) is 0 Å². The second-order valence-electron chi connectivity index (χ2n) is 4.96. The molecule has 3 rings (SSSR count). The average Bonchev–Trinajstić information content (AvgIpc) is 2.81. The fourth-order valence-corrected chi connectivity index (χ4v) is 2.46. The summed E-state index contributed by atoms with van der Waals surface area (Å²) in [6, 6.07) is 0. The minimum absolute atomic E-state index is 0.144. The van der Waals surface area contributed by atoms with Gasteiger partial charge in [-0.3, -0.25) is 9.36 Å². The van der Waals surface area contributed by atoms with E-state index in [1.165, 1.54) is 0 Å². The summed E-state index contributed by atoms with van der Waals surface area (Å²) in [5.74, 6) is -1.62. The predicted molar refractivity (Wildman–Crippen MR) is 60.5 cm³/mol. The summed E-state index contributed by atoms with van der Waals surface area (Å²) in [5.41, 5.74) is 3.70. The summed E-state index contributed by atoms with van der Waals surface area (Å²) in [4.78, 5) is 26.7. The molecule has 0 amide bonds. The Bertz CT molecular complexity index is 616. The van der Waals surface area contributed by atoms with Crippen molar-refractivity contribution in [2.24, 2.45) is 5.41 Å². The Labute approximate surface area is 107 Å². The Morgan fingerprint density at radius 1 is 1.58 bits per heavy atom. The summed E-state index contributed by atoms with van der Waals surface area (Å²) < 4.78 is 24.9. The van der Waals surface area contributed by atoms with Crippen molar-refractivity contribution in [3.63, 3.8) is 0 Å². The number of cyclic esters (lactones) is 1. The van der Waals surface area contributed by atoms with Crippen LogP contribution in [0.25, 0.3) is 0 Å². The fourth-order valence-electron chi connectivity index (χ4n) is 2.46. The van der Waals surface area contributed by atoms with E-state index in [4.69, 9.17) is 15.2 Å². The third-order valence-electron chi connectivity index (χ3n) is 3.71. The maximum atomic E-state index is 13.4. The molecular weight excluding hydrogens is 257 g/mol. The third kappa shape index (κ3) is 1.63. The predicted octanol–water partition coefficient (Wildman–Crippen LogP) is -0.185. The minimum atomic E-state index is -0.804. The van der Waals surface area contributed by atoms with Gasteiger partial charge in [-0.25, -0.2) is 9.18 Å². The standard InChI is InChI=1S/C11H12FN3O4/c1-11-2-7(19-6(11)4-18-9(11)16)15-3-5(12)8(13)14-10(15)17/h3,6-7H,2,4H2,1H3,(H2,13,14,17)/t6-,7-,11?/m1/s1. The number of rotatable bonds is 1. The number of fused-ring (bicyclic) bond motifs is 1. The number of aromatic nitrogens is 2. The van der Waals surface area contributed by atoms with Crippen molar-refractivity contribution in [2.45, 2.75) is 25.7 Å². The molecule has 2 aliphatic rings. The Morgan fingerprint density at radius 2 is 2.32 bits per heavy atom. The number of halogens is 1. The monoisotopic (exact) mass is 269 g/mol. The average molecular weight is 269 g/mol. The highest BCUT2D eigenvalue weighted by Gasteiger charge is 2.56. The molecule has 3 heterocycles. The van der Waals surface area contributed by atoms with Crippen molar-refractivity contribution >= 4 is 11.8 Å². The van der Waals surface area contributed by atoms with Crippen LogP contribution in [-0.4, -0.2) is 28.2 Å². The lowest BCUT2D eigenvalue weighted by Crippen LogP contribution is -2.30. The maximum Gasteiger partial charge on any atom is 0.351 e. The maximum absolute atomic E-state index is 13.4. The molecule has 1 aromatic rings. The lowest BCUT2D eigenvalue weighted by Gasteiger charge is -2.15. The number of hydrogen-bond acceptors (Lipinski definition) is 6. The zero-order valence-corrected chi connectivity index (χ0v) is 10.1. The summed E-state index contributed by atoms with van der Waals surface area (Å²) in [6.45, 7) is 1.85. The molecule has 2 fully saturated rings. The molecule has 0 saturated carbocycles. The molecule has 0 aromatic carbocycles. The van der Waals surface area contributed by atoms with E-state index in [0.29, 0.717) is 0 Å². The Hall–Kier alpha value is -1.96. The largest absolute Gasteiger partial charge is 0.462 e. The van der Waals surface area contributed by atoms with Gasteiger partial charge in [-0.1, -0.05) is 0 Å². The quantitative estimate of drug-likeness (QED) is 0.710. The van der Waals surface area contributed by atoms with Crippen LogP contribution >= 0.6 is 0 Å². The van der Waals surface area contributed by atoms with E-state index in [-0.39, 0.29) is 19.0 Å². The number of nitrogen functional groups attached to an aromatic ring is 1. The van der Waals surface area contributed by atoms with E-state index in [0.717, 1.165) is 10.8 Å². The van der Waals surface area contributed by atoms with E-state index < -0.39 is 35.1 Å². The summed E-state index contributed by atoms with van der Waals surface area (Å²) in [7, 11) is 0. The van der Waals surface area contributed by atoms with Crippen LogP contribution < -0.4 is 11.4 Å². The molecule has 7 nitrogen and oxygen atoms in total. The van der Waals surface area contributed by atoms with Gasteiger partial charge < -0.3 is 15.2 Å². The molecule has 1 unspecified atom stereocenters. The van der Waals surface area contributed by atoms with Crippen molar-refractivity contribution in [2.75, 3.05) is 12.3 Å². The van der Waals surface area contributed by atoms with E-state index in [9.17, 15) is 14.0 Å². The molecule has 8 heteroatoms. The number of nitrogens with two attached hydrogens (primary N) is 1. The first-order valence-electron chi connectivity index (χ1n) is 5.78. The number of hydrogen-bond donors (Lipinski definition) is 1. The SMILES string of the molecule is CC12C[C@H](n3cc(F)c(N)nc3=O)O[C@@H]1COC2=O. The first-order chi connectivity index (χ1) is 8.91. The molecular formula is C11H12FN3O4. The smallest absolute Gasteiger partial charge is 0.351 e. The molecule has 1 aromatic heterocycles. The van der Waals surface area contributed by atoms with Crippen LogP contribution in [0, 0.1) is 11.2 Å². The van der Waals surface area contributed by atoms with Gasteiger partial charge in [0.25, 0.3) is 0 Å².